The molecule has 2 heterocycles. The van der Waals surface area contributed by atoms with Crippen LogP contribution in [-0.2, 0) is 6.42 Å². The number of aryl methyl sites for hydroxylation is 1. The summed E-state index contributed by atoms with van der Waals surface area (Å²) in [5.74, 6) is -0.256. The van der Waals surface area contributed by atoms with Gasteiger partial charge in [-0.15, -0.1) is 0 Å². The average molecular weight is 296 g/mol. The van der Waals surface area contributed by atoms with Crippen LogP contribution in [0.15, 0.2) is 48.8 Å². The van der Waals surface area contributed by atoms with Gasteiger partial charge in [0.25, 0.3) is 0 Å². The molecule has 0 aliphatic rings. The second-order valence-corrected chi connectivity index (χ2v) is 5.06. The number of H-pyrrole nitrogens is 1. The van der Waals surface area contributed by atoms with Gasteiger partial charge in [-0.3, -0.25) is 10.1 Å². The maximum absolute atomic E-state index is 13.1. The number of aromatic nitrogens is 3. The number of rotatable bonds is 5. The van der Waals surface area contributed by atoms with Crippen molar-refractivity contribution < 1.29 is 4.39 Å². The monoisotopic (exact) mass is 296 g/mol. The highest BCUT2D eigenvalue weighted by Crippen LogP contribution is 2.33. The second kappa shape index (κ2) is 6.49. The summed E-state index contributed by atoms with van der Waals surface area (Å²) < 4.78 is 13.1. The Morgan fingerprint density at radius 2 is 1.73 bits per heavy atom. The molecule has 0 amide bonds. The summed E-state index contributed by atoms with van der Waals surface area (Å²) in [4.78, 5) is 4.06. The van der Waals surface area contributed by atoms with Crippen LogP contribution in [0.25, 0.3) is 22.4 Å². The number of benzene rings is 1. The van der Waals surface area contributed by atoms with E-state index in [1.165, 1.54) is 12.1 Å². The van der Waals surface area contributed by atoms with Crippen LogP contribution < -0.4 is 5.73 Å². The van der Waals surface area contributed by atoms with Gasteiger partial charge in [-0.25, -0.2) is 4.39 Å². The Labute approximate surface area is 128 Å². The standard InChI is InChI=1S/C17H17FN4/c18-14-5-3-13(4-6-14)17-16(12-7-10-20-11-8-12)15(21-22-17)2-1-9-19/h3-8,10-11H,1-2,9,19H2,(H,21,22). The second-order valence-electron chi connectivity index (χ2n) is 5.06. The minimum atomic E-state index is -0.256. The third-order valence-corrected chi connectivity index (χ3v) is 3.56. The molecule has 112 valence electrons. The van der Waals surface area contributed by atoms with Crippen molar-refractivity contribution in [2.45, 2.75) is 12.8 Å². The normalized spacial score (nSPS) is 10.8. The molecule has 0 bridgehead atoms. The van der Waals surface area contributed by atoms with Crippen molar-refractivity contribution >= 4 is 0 Å². The molecular formula is C17H17FN4. The first-order valence-corrected chi connectivity index (χ1v) is 7.23. The van der Waals surface area contributed by atoms with Crippen molar-refractivity contribution in [3.05, 3.63) is 60.3 Å². The topological polar surface area (TPSA) is 67.6 Å². The van der Waals surface area contributed by atoms with Crippen LogP contribution in [0.3, 0.4) is 0 Å². The van der Waals surface area contributed by atoms with Crippen molar-refractivity contribution in [1.82, 2.24) is 15.2 Å². The summed E-state index contributed by atoms with van der Waals surface area (Å²) in [5, 5.41) is 7.54. The Morgan fingerprint density at radius 1 is 1.00 bits per heavy atom. The van der Waals surface area contributed by atoms with E-state index in [1.54, 1.807) is 24.5 Å². The number of nitrogens with zero attached hydrogens (tertiary/aromatic N) is 2. The minimum absolute atomic E-state index is 0.256. The molecule has 22 heavy (non-hydrogen) atoms. The first-order valence-electron chi connectivity index (χ1n) is 7.23. The summed E-state index contributed by atoms with van der Waals surface area (Å²) in [5.41, 5.74) is 10.4. The third-order valence-electron chi connectivity index (χ3n) is 3.56. The van der Waals surface area contributed by atoms with E-state index >= 15 is 0 Å². The maximum Gasteiger partial charge on any atom is 0.123 e. The van der Waals surface area contributed by atoms with Gasteiger partial charge in [0.15, 0.2) is 0 Å². The van der Waals surface area contributed by atoms with Gasteiger partial charge in [0.1, 0.15) is 11.5 Å². The number of halogens is 1. The molecule has 0 radical (unpaired) electrons. The highest BCUT2D eigenvalue weighted by molar-refractivity contribution is 5.82. The fourth-order valence-corrected chi connectivity index (χ4v) is 2.48. The van der Waals surface area contributed by atoms with E-state index in [0.717, 1.165) is 40.9 Å². The van der Waals surface area contributed by atoms with Gasteiger partial charge >= 0.3 is 0 Å². The van der Waals surface area contributed by atoms with Crippen LogP contribution >= 0.6 is 0 Å². The molecule has 0 unspecified atom stereocenters. The fraction of sp³-hybridized carbons (Fsp3) is 0.176. The minimum Gasteiger partial charge on any atom is -0.330 e. The predicted molar refractivity (Wildman–Crippen MR) is 84.6 cm³/mol. The Balaban J connectivity index is 2.10. The highest BCUT2D eigenvalue weighted by atomic mass is 19.1. The van der Waals surface area contributed by atoms with Gasteiger partial charge in [0, 0.05) is 29.2 Å². The van der Waals surface area contributed by atoms with Crippen LogP contribution in [-0.4, -0.2) is 21.7 Å². The molecule has 5 heteroatoms. The van der Waals surface area contributed by atoms with Crippen molar-refractivity contribution in [2.24, 2.45) is 5.73 Å². The SMILES string of the molecule is NCCCc1[nH]nc(-c2ccc(F)cc2)c1-c1ccncc1. The zero-order valence-electron chi connectivity index (χ0n) is 12.1. The average Bonchev–Trinajstić information content (AvgIpc) is 2.98. The summed E-state index contributed by atoms with van der Waals surface area (Å²) in [6.07, 6.45) is 5.21. The van der Waals surface area contributed by atoms with Crippen molar-refractivity contribution in [3.63, 3.8) is 0 Å². The van der Waals surface area contributed by atoms with E-state index in [4.69, 9.17) is 5.73 Å². The first kappa shape index (κ1) is 14.4. The zero-order chi connectivity index (χ0) is 15.4. The summed E-state index contributed by atoms with van der Waals surface area (Å²) in [6, 6.07) is 10.3. The maximum atomic E-state index is 13.1. The van der Waals surface area contributed by atoms with Gasteiger partial charge < -0.3 is 5.73 Å². The van der Waals surface area contributed by atoms with E-state index in [-0.39, 0.29) is 5.82 Å². The predicted octanol–water partition coefficient (Wildman–Crippen LogP) is 3.17. The molecule has 3 rings (SSSR count). The number of nitrogens with one attached hydrogen (secondary N) is 1. The van der Waals surface area contributed by atoms with Crippen LogP contribution in [0.4, 0.5) is 4.39 Å². The number of hydrogen-bond donors (Lipinski definition) is 2. The molecule has 3 aromatic rings. The lowest BCUT2D eigenvalue weighted by atomic mass is 9.98. The molecule has 0 spiro atoms. The lowest BCUT2D eigenvalue weighted by Gasteiger charge is -2.06. The Morgan fingerprint density at radius 3 is 2.41 bits per heavy atom. The lowest BCUT2D eigenvalue weighted by Crippen LogP contribution is -2.01. The van der Waals surface area contributed by atoms with Gasteiger partial charge in [-0.2, -0.15) is 5.10 Å². The number of pyridine rings is 1. The molecule has 2 aromatic heterocycles. The summed E-state index contributed by atoms with van der Waals surface area (Å²) in [6.45, 7) is 0.626. The van der Waals surface area contributed by atoms with E-state index in [9.17, 15) is 4.39 Å². The van der Waals surface area contributed by atoms with E-state index in [0.29, 0.717) is 6.54 Å². The molecule has 0 atom stereocenters. The van der Waals surface area contributed by atoms with Crippen LogP contribution in [0, 0.1) is 5.82 Å². The fourth-order valence-electron chi connectivity index (χ4n) is 2.48. The molecule has 4 nitrogen and oxygen atoms in total. The van der Waals surface area contributed by atoms with Crippen LogP contribution in [0.1, 0.15) is 12.1 Å². The van der Waals surface area contributed by atoms with Crippen LogP contribution in [0.5, 0.6) is 0 Å². The van der Waals surface area contributed by atoms with Crippen molar-refractivity contribution in [2.75, 3.05) is 6.54 Å². The molecule has 1 aromatic carbocycles. The molecule has 3 N–H and O–H groups in total. The Hall–Kier alpha value is -2.53. The quantitative estimate of drug-likeness (QED) is 0.760. The van der Waals surface area contributed by atoms with E-state index in [1.807, 2.05) is 12.1 Å². The van der Waals surface area contributed by atoms with E-state index in [2.05, 4.69) is 15.2 Å². The van der Waals surface area contributed by atoms with Crippen molar-refractivity contribution in [1.29, 1.82) is 0 Å². The van der Waals surface area contributed by atoms with Crippen LogP contribution in [0.2, 0.25) is 0 Å². The Kier molecular flexibility index (Phi) is 4.25. The third kappa shape index (κ3) is 2.89. The molecule has 0 aliphatic heterocycles. The van der Waals surface area contributed by atoms with Gasteiger partial charge in [0.05, 0.1) is 0 Å². The van der Waals surface area contributed by atoms with Gasteiger partial charge in [-0.05, 0) is 61.3 Å². The zero-order valence-corrected chi connectivity index (χ0v) is 12.1. The largest absolute Gasteiger partial charge is 0.330 e. The molecule has 0 fully saturated rings. The lowest BCUT2D eigenvalue weighted by molar-refractivity contribution is 0.628. The summed E-state index contributed by atoms with van der Waals surface area (Å²) >= 11 is 0. The Bertz CT molecular complexity index is 735. The number of aromatic amines is 1. The molecule has 0 saturated carbocycles. The van der Waals surface area contributed by atoms with Crippen molar-refractivity contribution in [3.8, 4) is 22.4 Å². The smallest absolute Gasteiger partial charge is 0.123 e. The van der Waals surface area contributed by atoms with E-state index < -0.39 is 0 Å². The molecule has 0 aliphatic carbocycles. The highest BCUT2D eigenvalue weighted by Gasteiger charge is 2.16. The first-order chi connectivity index (χ1) is 10.8. The number of hydrogen-bond acceptors (Lipinski definition) is 3. The van der Waals surface area contributed by atoms with Gasteiger partial charge in [-0.1, -0.05) is 0 Å². The van der Waals surface area contributed by atoms with Gasteiger partial charge in [0.2, 0.25) is 0 Å². The number of nitrogens with two attached hydrogens (primary N) is 1. The molecule has 0 saturated heterocycles. The summed E-state index contributed by atoms with van der Waals surface area (Å²) in [7, 11) is 0. The molecular weight excluding hydrogens is 279 g/mol.